The molecule has 30 heavy (non-hydrogen) atoms. The molecule has 0 radical (unpaired) electrons. The molecule has 3 aromatic rings. The lowest BCUT2D eigenvalue weighted by atomic mass is 10.1. The summed E-state index contributed by atoms with van der Waals surface area (Å²) in [4.78, 5) is 24.1. The third-order valence-corrected chi connectivity index (χ3v) is 5.07. The molecule has 2 aromatic heterocycles. The lowest BCUT2D eigenvalue weighted by molar-refractivity contribution is -0.137. The zero-order valence-electron chi connectivity index (χ0n) is 15.6. The van der Waals surface area contributed by atoms with Crippen molar-refractivity contribution in [2.24, 2.45) is 0 Å². The van der Waals surface area contributed by atoms with Gasteiger partial charge in [-0.15, -0.1) is 0 Å². The lowest BCUT2D eigenvalue weighted by Crippen LogP contribution is -2.29. The van der Waals surface area contributed by atoms with E-state index in [2.05, 4.69) is 25.4 Å². The Balaban J connectivity index is 1.93. The number of rotatable bonds is 5. The molecule has 0 saturated heterocycles. The second-order valence-corrected chi connectivity index (χ2v) is 8.31. The van der Waals surface area contributed by atoms with Gasteiger partial charge in [0.2, 0.25) is 0 Å². The molecule has 0 aliphatic rings. The quantitative estimate of drug-likeness (QED) is 0.644. The van der Waals surface area contributed by atoms with Crippen LogP contribution in [0.25, 0.3) is 5.95 Å². The Morgan fingerprint density at radius 1 is 1.13 bits per heavy atom. The Morgan fingerprint density at radius 2 is 1.80 bits per heavy atom. The molecule has 1 amide bonds. The maximum Gasteiger partial charge on any atom is 0.416 e. The number of nitrogens with one attached hydrogen (secondary N) is 1. The molecular formula is C17H15F3N6O3S. The van der Waals surface area contributed by atoms with Crippen LogP contribution >= 0.6 is 0 Å². The summed E-state index contributed by atoms with van der Waals surface area (Å²) in [6, 6.07) is 2.75. The van der Waals surface area contributed by atoms with Crippen molar-refractivity contribution in [1.29, 1.82) is 0 Å². The number of alkyl halides is 3. The van der Waals surface area contributed by atoms with E-state index in [-0.39, 0.29) is 11.8 Å². The summed E-state index contributed by atoms with van der Waals surface area (Å²) in [6.45, 7) is 1.53. The highest BCUT2D eigenvalue weighted by molar-refractivity contribution is 7.90. The van der Waals surface area contributed by atoms with E-state index in [0.29, 0.717) is 12.1 Å². The number of sulfone groups is 1. The molecule has 158 valence electrons. The fraction of sp³-hybridized carbons (Fsp3) is 0.235. The van der Waals surface area contributed by atoms with Crippen LogP contribution in [0.1, 0.15) is 34.7 Å². The second-order valence-electron chi connectivity index (χ2n) is 6.29. The summed E-state index contributed by atoms with van der Waals surface area (Å²) in [5, 5.41) is 6.47. The van der Waals surface area contributed by atoms with Crippen molar-refractivity contribution in [3.63, 3.8) is 0 Å². The predicted octanol–water partition coefficient (Wildman–Crippen LogP) is 1.97. The summed E-state index contributed by atoms with van der Waals surface area (Å²) in [7, 11) is -3.98. The van der Waals surface area contributed by atoms with Gasteiger partial charge in [0.25, 0.3) is 11.9 Å². The fourth-order valence-corrected chi connectivity index (χ4v) is 3.23. The normalized spacial score (nSPS) is 13.1. The minimum absolute atomic E-state index is 0.185. The Labute approximate surface area is 168 Å². The molecule has 9 nitrogen and oxygen atoms in total. The van der Waals surface area contributed by atoms with Crippen molar-refractivity contribution in [2.75, 3.05) is 6.26 Å². The van der Waals surface area contributed by atoms with Crippen LogP contribution in [0.15, 0.2) is 47.9 Å². The van der Waals surface area contributed by atoms with Crippen molar-refractivity contribution < 1.29 is 26.4 Å². The summed E-state index contributed by atoms with van der Waals surface area (Å²) in [5.74, 6) is -0.503. The average Bonchev–Trinajstić information content (AvgIpc) is 3.17. The van der Waals surface area contributed by atoms with Gasteiger partial charge in [-0.3, -0.25) is 4.79 Å². The molecule has 0 spiro atoms. The highest BCUT2D eigenvalue weighted by Gasteiger charge is 2.33. The third-order valence-electron chi connectivity index (χ3n) is 3.97. The van der Waals surface area contributed by atoms with Gasteiger partial charge in [-0.05, 0) is 31.2 Å². The van der Waals surface area contributed by atoms with E-state index in [0.717, 1.165) is 12.3 Å². The maximum atomic E-state index is 13.2. The number of carbonyl (C=O) groups excluding carboxylic acids is 1. The van der Waals surface area contributed by atoms with Crippen molar-refractivity contribution in [2.45, 2.75) is 24.0 Å². The Hall–Kier alpha value is -3.35. The monoisotopic (exact) mass is 440 g/mol. The first kappa shape index (κ1) is 21.4. The number of benzene rings is 1. The van der Waals surface area contributed by atoms with E-state index in [1.807, 2.05) is 0 Å². The van der Waals surface area contributed by atoms with Gasteiger partial charge in [0.1, 0.15) is 6.33 Å². The van der Waals surface area contributed by atoms with Crippen molar-refractivity contribution in [3.05, 3.63) is 59.9 Å². The van der Waals surface area contributed by atoms with Gasteiger partial charge in [0.15, 0.2) is 15.7 Å². The molecule has 1 N–H and O–H groups in total. The number of hydrogen-bond acceptors (Lipinski definition) is 7. The molecule has 2 heterocycles. The van der Waals surface area contributed by atoms with Gasteiger partial charge in [-0.25, -0.2) is 23.4 Å². The zero-order chi connectivity index (χ0) is 22.1. The van der Waals surface area contributed by atoms with Gasteiger partial charge in [-0.2, -0.15) is 23.0 Å². The van der Waals surface area contributed by atoms with Gasteiger partial charge >= 0.3 is 6.18 Å². The van der Waals surface area contributed by atoms with Gasteiger partial charge in [0, 0.05) is 24.2 Å². The van der Waals surface area contributed by atoms with Crippen LogP contribution in [-0.4, -0.2) is 45.3 Å². The van der Waals surface area contributed by atoms with Gasteiger partial charge < -0.3 is 5.32 Å². The fourth-order valence-electron chi connectivity index (χ4n) is 2.55. The van der Waals surface area contributed by atoms with Crippen molar-refractivity contribution in [3.8, 4) is 5.95 Å². The number of carbonyl (C=O) groups is 1. The first-order valence-electron chi connectivity index (χ1n) is 8.37. The molecule has 1 aromatic carbocycles. The molecule has 0 saturated carbocycles. The van der Waals surface area contributed by atoms with Crippen molar-refractivity contribution >= 4 is 15.7 Å². The number of nitrogens with zero attached hydrogens (tertiary/aromatic N) is 5. The summed E-state index contributed by atoms with van der Waals surface area (Å²) in [6.07, 6.45) is 0.0977. The highest BCUT2D eigenvalue weighted by atomic mass is 32.2. The average molecular weight is 440 g/mol. The van der Waals surface area contributed by atoms with Crippen LogP contribution in [-0.2, 0) is 16.0 Å². The molecule has 0 aliphatic heterocycles. The summed E-state index contributed by atoms with van der Waals surface area (Å²) in [5.41, 5.74) is -1.71. The van der Waals surface area contributed by atoms with Gasteiger partial charge in [-0.1, -0.05) is 0 Å². The minimum atomic E-state index is -4.83. The van der Waals surface area contributed by atoms with E-state index < -0.39 is 44.0 Å². The molecule has 13 heteroatoms. The Bertz CT molecular complexity index is 1180. The second kappa shape index (κ2) is 7.82. The zero-order valence-corrected chi connectivity index (χ0v) is 16.4. The smallest absolute Gasteiger partial charge is 0.342 e. The molecule has 3 rings (SSSR count). The number of hydrogen-bond donors (Lipinski definition) is 1. The first-order chi connectivity index (χ1) is 14.0. The number of halogens is 3. The molecule has 0 bridgehead atoms. The van der Waals surface area contributed by atoms with E-state index >= 15 is 0 Å². The number of aromatic nitrogens is 5. The van der Waals surface area contributed by atoms with Crippen LogP contribution in [0.5, 0.6) is 0 Å². The highest BCUT2D eigenvalue weighted by Crippen LogP contribution is 2.32. The van der Waals surface area contributed by atoms with Crippen molar-refractivity contribution in [1.82, 2.24) is 30.0 Å². The van der Waals surface area contributed by atoms with Crippen LogP contribution < -0.4 is 5.32 Å². The van der Waals surface area contributed by atoms with Crippen LogP contribution in [0.3, 0.4) is 0 Å². The molecule has 0 aliphatic carbocycles. The molecule has 0 unspecified atom stereocenters. The molecule has 1 atom stereocenters. The predicted molar refractivity (Wildman–Crippen MR) is 97.4 cm³/mol. The Morgan fingerprint density at radius 3 is 2.40 bits per heavy atom. The maximum absolute atomic E-state index is 13.2. The Kier molecular flexibility index (Phi) is 5.57. The van der Waals surface area contributed by atoms with Crippen LogP contribution in [0, 0.1) is 0 Å². The summed E-state index contributed by atoms with van der Waals surface area (Å²) < 4.78 is 64.3. The van der Waals surface area contributed by atoms with Gasteiger partial charge in [0.05, 0.1) is 16.5 Å². The standard InChI is InChI=1S/C17H15F3N6O3S/c1-10(14-23-9-24-26(14)16-21-4-3-5-22-16)25-15(27)11-6-12(17(18,19)20)8-13(7-11)30(2,28)29/h3-10H,1-2H3,(H,25,27)/t10-/m0/s1. The number of amides is 1. The van der Waals surface area contributed by atoms with E-state index in [4.69, 9.17) is 0 Å². The van der Waals surface area contributed by atoms with Crippen LogP contribution in [0.4, 0.5) is 13.2 Å². The minimum Gasteiger partial charge on any atom is -0.342 e. The van der Waals surface area contributed by atoms with E-state index in [9.17, 15) is 26.4 Å². The molecular weight excluding hydrogens is 425 g/mol. The van der Waals surface area contributed by atoms with E-state index in [1.165, 1.54) is 30.3 Å². The topological polar surface area (TPSA) is 120 Å². The van der Waals surface area contributed by atoms with Crippen LogP contribution in [0.2, 0.25) is 0 Å². The third kappa shape index (κ3) is 4.62. The molecule has 0 fully saturated rings. The SMILES string of the molecule is C[C@H](NC(=O)c1cc(C(F)(F)F)cc(S(C)(=O)=O)c1)c1ncnn1-c1ncccn1. The lowest BCUT2D eigenvalue weighted by Gasteiger charge is -2.15. The largest absolute Gasteiger partial charge is 0.416 e. The summed E-state index contributed by atoms with van der Waals surface area (Å²) >= 11 is 0. The van der Waals surface area contributed by atoms with E-state index in [1.54, 1.807) is 6.07 Å². The first-order valence-corrected chi connectivity index (χ1v) is 10.3.